The van der Waals surface area contributed by atoms with E-state index in [4.69, 9.17) is 9.52 Å². The number of rotatable bonds is 6. The Morgan fingerprint density at radius 3 is 2.70 bits per heavy atom. The van der Waals surface area contributed by atoms with Gasteiger partial charge in [-0.25, -0.2) is 4.72 Å². The summed E-state index contributed by atoms with van der Waals surface area (Å²) < 4.78 is 33.0. The lowest BCUT2D eigenvalue weighted by Gasteiger charge is -2.29. The largest absolute Gasteiger partial charge is 0.481 e. The second kappa shape index (κ2) is 6.38. The van der Waals surface area contributed by atoms with Gasteiger partial charge in [0.25, 0.3) is 10.2 Å². The molecule has 0 radical (unpaired) electrons. The van der Waals surface area contributed by atoms with Crippen molar-refractivity contribution < 1.29 is 22.7 Å². The Morgan fingerprint density at radius 2 is 2.15 bits per heavy atom. The van der Waals surface area contributed by atoms with Crippen molar-refractivity contribution in [2.45, 2.75) is 19.3 Å². The number of piperidine rings is 1. The summed E-state index contributed by atoms with van der Waals surface area (Å²) >= 11 is 0. The number of aliphatic carboxylic acids is 1. The first-order chi connectivity index (χ1) is 9.49. The Morgan fingerprint density at radius 1 is 1.45 bits per heavy atom. The number of hydrogen-bond acceptors (Lipinski definition) is 4. The monoisotopic (exact) mass is 302 g/mol. The van der Waals surface area contributed by atoms with Crippen molar-refractivity contribution in [3.63, 3.8) is 0 Å². The quantitative estimate of drug-likeness (QED) is 0.795. The Balaban J connectivity index is 1.80. The van der Waals surface area contributed by atoms with Gasteiger partial charge in [0, 0.05) is 26.1 Å². The van der Waals surface area contributed by atoms with Gasteiger partial charge in [-0.3, -0.25) is 4.79 Å². The first-order valence-electron chi connectivity index (χ1n) is 6.49. The Bertz CT molecular complexity index is 532. The normalized spacial score (nSPS) is 18.2. The summed E-state index contributed by atoms with van der Waals surface area (Å²) in [6.07, 6.45) is 2.74. The maximum Gasteiger partial charge on any atom is 0.306 e. The highest BCUT2D eigenvalue weighted by molar-refractivity contribution is 7.87. The Labute approximate surface area is 117 Å². The van der Waals surface area contributed by atoms with Crippen LogP contribution >= 0.6 is 0 Å². The fourth-order valence-electron chi connectivity index (χ4n) is 2.19. The molecular formula is C12H18N2O5S. The summed E-state index contributed by atoms with van der Waals surface area (Å²) in [5.41, 5.74) is 0. The zero-order valence-electron chi connectivity index (χ0n) is 11.0. The molecule has 0 bridgehead atoms. The van der Waals surface area contributed by atoms with E-state index in [0.717, 1.165) is 5.76 Å². The smallest absolute Gasteiger partial charge is 0.306 e. The molecule has 2 heterocycles. The van der Waals surface area contributed by atoms with Crippen molar-refractivity contribution in [2.75, 3.05) is 19.6 Å². The Kier molecular flexibility index (Phi) is 4.79. The van der Waals surface area contributed by atoms with Gasteiger partial charge in [0.05, 0.1) is 12.2 Å². The van der Waals surface area contributed by atoms with E-state index in [2.05, 4.69) is 4.72 Å². The molecule has 1 aromatic rings. The molecule has 2 N–H and O–H groups in total. The minimum absolute atomic E-state index is 0.243. The number of carboxylic acid groups (broad SMARTS) is 1. The van der Waals surface area contributed by atoms with Crippen LogP contribution in [-0.2, 0) is 21.4 Å². The van der Waals surface area contributed by atoms with Crippen LogP contribution in [0, 0.1) is 5.92 Å². The van der Waals surface area contributed by atoms with Crippen LogP contribution in [0.5, 0.6) is 0 Å². The van der Waals surface area contributed by atoms with Crippen molar-refractivity contribution >= 4 is 16.2 Å². The van der Waals surface area contributed by atoms with Crippen LogP contribution in [0.2, 0.25) is 0 Å². The van der Waals surface area contributed by atoms with E-state index in [0.29, 0.717) is 19.3 Å². The van der Waals surface area contributed by atoms with E-state index in [1.165, 1.54) is 4.31 Å². The van der Waals surface area contributed by atoms with Crippen molar-refractivity contribution in [3.05, 3.63) is 24.2 Å². The summed E-state index contributed by atoms with van der Waals surface area (Å²) in [6, 6.07) is 3.53. The molecule has 1 aliphatic heterocycles. The van der Waals surface area contributed by atoms with Crippen LogP contribution in [0.4, 0.5) is 0 Å². The zero-order valence-corrected chi connectivity index (χ0v) is 11.8. The molecule has 1 saturated heterocycles. The molecule has 8 heteroatoms. The van der Waals surface area contributed by atoms with E-state index in [1.807, 2.05) is 0 Å². The van der Waals surface area contributed by atoms with Gasteiger partial charge in [0.15, 0.2) is 0 Å². The average molecular weight is 302 g/mol. The van der Waals surface area contributed by atoms with Gasteiger partial charge in [0.1, 0.15) is 5.76 Å². The number of carboxylic acids is 1. The summed E-state index contributed by atoms with van der Waals surface area (Å²) in [5, 5.41) is 8.88. The second-order valence-electron chi connectivity index (χ2n) is 4.74. The SMILES string of the molecule is O=C(O)C1CCN(S(=O)(=O)NCCc2ccco2)CC1. The van der Waals surface area contributed by atoms with Crippen LogP contribution < -0.4 is 4.72 Å². The molecule has 112 valence electrons. The standard InChI is InChI=1S/C12H18N2O5S/c15-12(16)10-4-7-14(8-5-10)20(17,18)13-6-3-11-2-1-9-19-11/h1-2,9-10,13H,3-8H2,(H,15,16). The van der Waals surface area contributed by atoms with Crippen LogP contribution in [0.25, 0.3) is 0 Å². The molecule has 0 aromatic carbocycles. The first kappa shape index (κ1) is 15.0. The fraction of sp³-hybridized carbons (Fsp3) is 0.583. The zero-order chi connectivity index (χ0) is 14.6. The third-order valence-electron chi connectivity index (χ3n) is 3.38. The maximum atomic E-state index is 12.0. The van der Waals surface area contributed by atoms with Gasteiger partial charge in [0.2, 0.25) is 0 Å². The average Bonchev–Trinajstić information content (AvgIpc) is 2.92. The fourth-order valence-corrected chi connectivity index (χ4v) is 3.43. The molecule has 1 aliphatic rings. The van der Waals surface area contributed by atoms with E-state index in [9.17, 15) is 13.2 Å². The molecule has 7 nitrogen and oxygen atoms in total. The summed E-state index contributed by atoms with van der Waals surface area (Å²) in [5.74, 6) is -0.574. The third-order valence-corrected chi connectivity index (χ3v) is 4.99. The molecule has 1 fully saturated rings. The van der Waals surface area contributed by atoms with Gasteiger partial charge >= 0.3 is 5.97 Å². The minimum Gasteiger partial charge on any atom is -0.481 e. The number of carbonyl (C=O) groups is 1. The van der Waals surface area contributed by atoms with E-state index in [1.54, 1.807) is 18.4 Å². The van der Waals surface area contributed by atoms with Gasteiger partial charge in [-0.1, -0.05) is 0 Å². The molecule has 0 unspecified atom stereocenters. The highest BCUT2D eigenvalue weighted by Gasteiger charge is 2.30. The third kappa shape index (κ3) is 3.81. The van der Waals surface area contributed by atoms with Gasteiger partial charge in [-0.2, -0.15) is 12.7 Å². The molecule has 2 rings (SSSR count). The highest BCUT2D eigenvalue weighted by Crippen LogP contribution is 2.19. The molecule has 1 aromatic heterocycles. The summed E-state index contributed by atoms with van der Waals surface area (Å²) in [4.78, 5) is 10.8. The molecule has 0 atom stereocenters. The number of furan rings is 1. The summed E-state index contributed by atoms with van der Waals surface area (Å²) in [6.45, 7) is 0.745. The molecular weight excluding hydrogens is 284 g/mol. The predicted octanol–water partition coefficient (Wildman–Crippen LogP) is 0.453. The van der Waals surface area contributed by atoms with Crippen molar-refractivity contribution in [3.8, 4) is 0 Å². The molecule has 0 amide bonds. The minimum atomic E-state index is -3.54. The number of nitrogens with zero attached hydrogens (tertiary/aromatic N) is 1. The van der Waals surface area contributed by atoms with Crippen LogP contribution in [-0.4, -0.2) is 43.4 Å². The van der Waals surface area contributed by atoms with E-state index < -0.39 is 22.1 Å². The number of nitrogens with one attached hydrogen (secondary N) is 1. The lowest BCUT2D eigenvalue weighted by atomic mass is 9.99. The first-order valence-corrected chi connectivity index (χ1v) is 7.93. The van der Waals surface area contributed by atoms with Crippen LogP contribution in [0.3, 0.4) is 0 Å². The predicted molar refractivity (Wildman–Crippen MR) is 71.3 cm³/mol. The molecule has 0 aliphatic carbocycles. The molecule has 0 spiro atoms. The van der Waals surface area contributed by atoms with Crippen molar-refractivity contribution in [1.82, 2.24) is 9.03 Å². The van der Waals surface area contributed by atoms with Gasteiger partial charge in [-0.05, 0) is 25.0 Å². The van der Waals surface area contributed by atoms with Gasteiger partial charge < -0.3 is 9.52 Å². The van der Waals surface area contributed by atoms with Crippen molar-refractivity contribution in [2.24, 2.45) is 5.92 Å². The second-order valence-corrected chi connectivity index (χ2v) is 6.50. The topological polar surface area (TPSA) is 99.9 Å². The van der Waals surface area contributed by atoms with Crippen molar-refractivity contribution in [1.29, 1.82) is 0 Å². The summed E-state index contributed by atoms with van der Waals surface area (Å²) in [7, 11) is -3.54. The van der Waals surface area contributed by atoms with E-state index >= 15 is 0 Å². The molecule has 20 heavy (non-hydrogen) atoms. The lowest BCUT2D eigenvalue weighted by Crippen LogP contribution is -2.46. The van der Waals surface area contributed by atoms with Gasteiger partial charge in [-0.15, -0.1) is 0 Å². The van der Waals surface area contributed by atoms with E-state index in [-0.39, 0.29) is 19.6 Å². The maximum absolute atomic E-state index is 12.0. The lowest BCUT2D eigenvalue weighted by molar-refractivity contribution is -0.142. The Hall–Kier alpha value is -1.38. The molecule has 0 saturated carbocycles. The highest BCUT2D eigenvalue weighted by atomic mass is 32.2. The van der Waals surface area contributed by atoms with Crippen LogP contribution in [0.15, 0.2) is 22.8 Å². The number of hydrogen-bond donors (Lipinski definition) is 2. The van der Waals surface area contributed by atoms with Crippen LogP contribution in [0.1, 0.15) is 18.6 Å².